The van der Waals surface area contributed by atoms with Crippen molar-refractivity contribution in [2.24, 2.45) is 5.73 Å². The Hall–Kier alpha value is -3.93. The van der Waals surface area contributed by atoms with Crippen molar-refractivity contribution in [3.8, 4) is 6.01 Å². The lowest BCUT2D eigenvalue weighted by atomic mass is 9.99. The molecule has 12 nitrogen and oxygen atoms in total. The van der Waals surface area contributed by atoms with Gasteiger partial charge < -0.3 is 15.6 Å². The molecule has 0 aliphatic carbocycles. The van der Waals surface area contributed by atoms with Gasteiger partial charge in [0.25, 0.3) is 16.1 Å². The predicted molar refractivity (Wildman–Crippen MR) is 136 cm³/mol. The van der Waals surface area contributed by atoms with Gasteiger partial charge in [0.1, 0.15) is 30.5 Å². The van der Waals surface area contributed by atoms with Crippen molar-refractivity contribution in [2.75, 3.05) is 14.1 Å². The average molecular weight is 600 g/mol. The first-order chi connectivity index (χ1) is 19.1. The van der Waals surface area contributed by atoms with Gasteiger partial charge in [0.15, 0.2) is 5.82 Å². The highest BCUT2D eigenvalue weighted by molar-refractivity contribution is 7.86. The van der Waals surface area contributed by atoms with Gasteiger partial charge in [-0.3, -0.25) is 10.2 Å². The van der Waals surface area contributed by atoms with Gasteiger partial charge in [-0.1, -0.05) is 36.4 Å². The van der Waals surface area contributed by atoms with Crippen LogP contribution in [0.5, 0.6) is 6.01 Å². The number of benzene rings is 2. The lowest BCUT2D eigenvalue weighted by molar-refractivity contribution is -0.176. The summed E-state index contributed by atoms with van der Waals surface area (Å²) < 4.78 is 89.3. The van der Waals surface area contributed by atoms with E-state index in [1.165, 1.54) is 24.3 Å². The zero-order valence-electron chi connectivity index (χ0n) is 21.6. The molecule has 1 fully saturated rings. The maximum absolute atomic E-state index is 14.4. The summed E-state index contributed by atoms with van der Waals surface area (Å²) in [6.45, 7) is -0.266. The van der Waals surface area contributed by atoms with E-state index in [0.29, 0.717) is 20.1 Å². The molecule has 4 rings (SSSR count). The highest BCUT2D eigenvalue weighted by atomic mass is 32.2. The summed E-state index contributed by atoms with van der Waals surface area (Å²) in [6, 6.07) is 7.60. The number of nitrogen functional groups attached to an aromatic ring is 1. The van der Waals surface area contributed by atoms with Crippen LogP contribution in [0.15, 0.2) is 48.5 Å². The van der Waals surface area contributed by atoms with Crippen LogP contribution in [0, 0.1) is 11.2 Å². The fourth-order valence-corrected chi connectivity index (χ4v) is 5.62. The summed E-state index contributed by atoms with van der Waals surface area (Å²) in [5.74, 6) is -4.71. The Kier molecular flexibility index (Phi) is 8.17. The summed E-state index contributed by atoms with van der Waals surface area (Å²) in [5, 5.41) is 21.8. The minimum atomic E-state index is -5.17. The number of nitrogens with zero attached hydrogens (tertiary/aromatic N) is 5. The number of amidine groups is 1. The number of nitrogens with two attached hydrogens (primary N) is 1. The number of carbonyl (C=O) groups excluding carboxylic acids is 1. The number of rotatable bonds is 8. The van der Waals surface area contributed by atoms with Crippen LogP contribution >= 0.6 is 0 Å². The topological polar surface area (TPSA) is 168 Å². The van der Waals surface area contributed by atoms with E-state index in [2.05, 4.69) is 10.1 Å². The SMILES string of the molecule is CN(C)S(=O)(=O)N1C(O)CC(c2nc(OCc3ccc(C(=N)N)cc3)n(C(=O)c3ccccc3F)n2)C1C(F)(F)F. The van der Waals surface area contributed by atoms with Gasteiger partial charge in [0.05, 0.1) is 11.5 Å². The van der Waals surface area contributed by atoms with E-state index in [-0.39, 0.29) is 16.7 Å². The Balaban J connectivity index is 1.77. The normalized spacial score (nSPS) is 20.0. The standard InChI is InChI=1S/C24H25F4N7O5S/c1-33(2)41(38,39)35-18(36)11-16(19(35)24(26,27)28)21-31-23(40-12-13-7-9-14(10-8-13)20(29)30)34(32-21)22(37)15-5-3-4-6-17(15)25/h3-10,16,18-19,36H,11-12H2,1-2H3,(H3,29,30). The summed E-state index contributed by atoms with van der Waals surface area (Å²) in [6.07, 6.45) is -8.01. The molecule has 17 heteroatoms. The van der Waals surface area contributed by atoms with Crippen molar-refractivity contribution in [3.05, 3.63) is 76.9 Å². The van der Waals surface area contributed by atoms with Crippen molar-refractivity contribution in [2.45, 2.75) is 37.4 Å². The Bertz CT molecular complexity index is 1560. The molecule has 4 N–H and O–H groups in total. The average Bonchev–Trinajstić information content (AvgIpc) is 3.49. The number of alkyl halides is 3. The molecule has 0 amide bonds. The molecule has 2 aromatic carbocycles. The molecular formula is C24H25F4N7O5S. The van der Waals surface area contributed by atoms with Crippen LogP contribution in [-0.4, -0.2) is 81.2 Å². The monoisotopic (exact) mass is 599 g/mol. The Morgan fingerprint density at radius 2 is 1.83 bits per heavy atom. The largest absolute Gasteiger partial charge is 0.458 e. The number of halogens is 4. The lowest BCUT2D eigenvalue weighted by Gasteiger charge is -2.31. The molecule has 0 bridgehead atoms. The van der Waals surface area contributed by atoms with E-state index in [1.54, 1.807) is 12.1 Å². The van der Waals surface area contributed by atoms with Gasteiger partial charge in [-0.2, -0.15) is 30.9 Å². The van der Waals surface area contributed by atoms with Gasteiger partial charge in [-0.05, 0) is 24.1 Å². The number of hydrogen-bond donors (Lipinski definition) is 3. The first-order valence-corrected chi connectivity index (χ1v) is 13.3. The van der Waals surface area contributed by atoms with Crippen LogP contribution in [0.3, 0.4) is 0 Å². The zero-order valence-corrected chi connectivity index (χ0v) is 22.4. The number of ether oxygens (including phenoxy) is 1. The molecule has 3 aromatic rings. The lowest BCUT2D eigenvalue weighted by Crippen LogP contribution is -2.53. The molecule has 1 aliphatic rings. The van der Waals surface area contributed by atoms with Crippen molar-refractivity contribution < 1.29 is 40.6 Å². The van der Waals surface area contributed by atoms with Gasteiger partial charge in [0.2, 0.25) is 0 Å². The minimum Gasteiger partial charge on any atom is -0.458 e. The molecule has 1 aliphatic heterocycles. The van der Waals surface area contributed by atoms with Gasteiger partial charge in [-0.25, -0.2) is 4.39 Å². The van der Waals surface area contributed by atoms with E-state index in [0.717, 1.165) is 26.2 Å². The van der Waals surface area contributed by atoms with Crippen molar-refractivity contribution >= 4 is 22.0 Å². The fourth-order valence-electron chi connectivity index (χ4n) is 4.30. The fraction of sp³-hybridized carbons (Fsp3) is 0.333. The smallest absolute Gasteiger partial charge is 0.406 e. The van der Waals surface area contributed by atoms with Crippen LogP contribution in [0.2, 0.25) is 0 Å². The summed E-state index contributed by atoms with van der Waals surface area (Å²) in [5.41, 5.74) is 5.88. The Morgan fingerprint density at radius 3 is 2.39 bits per heavy atom. The summed E-state index contributed by atoms with van der Waals surface area (Å²) in [7, 11) is -2.74. The minimum absolute atomic E-state index is 0.0752. The second-order valence-electron chi connectivity index (χ2n) is 9.28. The molecule has 0 saturated carbocycles. The molecule has 3 atom stereocenters. The maximum Gasteiger partial charge on any atom is 0.406 e. The van der Waals surface area contributed by atoms with Crippen LogP contribution in [0.1, 0.15) is 39.6 Å². The number of carbonyl (C=O) groups is 1. The number of aliphatic hydroxyl groups excluding tert-OH is 1. The van der Waals surface area contributed by atoms with E-state index < -0.39 is 70.1 Å². The van der Waals surface area contributed by atoms with Gasteiger partial charge in [0, 0.05) is 19.7 Å². The third kappa shape index (κ3) is 5.92. The molecular weight excluding hydrogens is 574 g/mol. The van der Waals surface area contributed by atoms with Crippen molar-refractivity contribution in [1.82, 2.24) is 23.4 Å². The number of hydrogen-bond acceptors (Lipinski definition) is 8. The van der Waals surface area contributed by atoms with Crippen molar-refractivity contribution in [3.63, 3.8) is 0 Å². The number of nitrogens with one attached hydrogen (secondary N) is 1. The van der Waals surface area contributed by atoms with Crippen molar-refractivity contribution in [1.29, 1.82) is 5.41 Å². The van der Waals surface area contributed by atoms with Crippen LogP contribution in [0.25, 0.3) is 0 Å². The van der Waals surface area contributed by atoms with E-state index in [1.807, 2.05) is 0 Å². The third-order valence-electron chi connectivity index (χ3n) is 6.33. The zero-order chi connectivity index (χ0) is 30.3. The second kappa shape index (κ2) is 11.2. The summed E-state index contributed by atoms with van der Waals surface area (Å²) >= 11 is 0. The molecule has 1 aromatic heterocycles. The third-order valence-corrected chi connectivity index (χ3v) is 8.26. The molecule has 41 heavy (non-hydrogen) atoms. The molecule has 2 heterocycles. The maximum atomic E-state index is 14.4. The summed E-state index contributed by atoms with van der Waals surface area (Å²) in [4.78, 5) is 17.2. The Labute approximate surface area is 231 Å². The second-order valence-corrected chi connectivity index (χ2v) is 11.3. The highest BCUT2D eigenvalue weighted by Gasteiger charge is 2.61. The van der Waals surface area contributed by atoms with E-state index >= 15 is 0 Å². The van der Waals surface area contributed by atoms with Crippen LogP contribution < -0.4 is 10.5 Å². The molecule has 220 valence electrons. The first kappa shape index (κ1) is 30.0. The van der Waals surface area contributed by atoms with Gasteiger partial charge in [-0.15, -0.1) is 14.1 Å². The first-order valence-electron chi connectivity index (χ1n) is 11.9. The quantitative estimate of drug-likeness (QED) is 0.200. The molecule has 0 spiro atoms. The van der Waals surface area contributed by atoms with E-state index in [4.69, 9.17) is 15.9 Å². The predicted octanol–water partition coefficient (Wildman–Crippen LogP) is 1.81. The molecule has 0 radical (unpaired) electrons. The molecule has 1 saturated heterocycles. The number of aliphatic hydroxyl groups is 1. The van der Waals surface area contributed by atoms with Gasteiger partial charge >= 0.3 is 12.2 Å². The highest BCUT2D eigenvalue weighted by Crippen LogP contribution is 2.45. The number of aromatic nitrogens is 3. The Morgan fingerprint density at radius 1 is 1.20 bits per heavy atom. The van der Waals surface area contributed by atoms with Crippen LogP contribution in [-0.2, 0) is 16.8 Å². The molecule has 3 unspecified atom stereocenters. The van der Waals surface area contributed by atoms with E-state index in [9.17, 15) is 35.9 Å². The van der Waals surface area contributed by atoms with Crippen LogP contribution in [0.4, 0.5) is 17.6 Å².